The van der Waals surface area contributed by atoms with Gasteiger partial charge in [0.15, 0.2) is 34.7 Å². The van der Waals surface area contributed by atoms with E-state index < -0.39 is 0 Å². The molecule has 17 aromatic rings. The highest BCUT2D eigenvalue weighted by atomic mass is 32.1. The third-order valence-electron chi connectivity index (χ3n) is 20.9. The van der Waals surface area contributed by atoms with E-state index in [0.717, 1.165) is 75.1 Å². The minimum absolute atomic E-state index is 0.00155. The summed E-state index contributed by atoms with van der Waals surface area (Å²) in [6.07, 6.45) is 27.7. The number of allylic oxidation sites excluding steroid dienone is 8. The summed E-state index contributed by atoms with van der Waals surface area (Å²) < 4.78 is 38.1. The number of aromatic amines is 1. The molecular weight excluding hydrogens is 1740 g/mol. The summed E-state index contributed by atoms with van der Waals surface area (Å²) >= 11 is 6.78. The molecule has 17 heteroatoms. The third kappa shape index (κ3) is 27.3. The van der Waals surface area contributed by atoms with Gasteiger partial charge in [0.25, 0.3) is 0 Å². The summed E-state index contributed by atoms with van der Waals surface area (Å²) in [4.78, 5) is 77.3. The van der Waals surface area contributed by atoms with Gasteiger partial charge in [-0.1, -0.05) is 190 Å². The van der Waals surface area contributed by atoms with Crippen LogP contribution in [0.5, 0.6) is 34.5 Å². The van der Waals surface area contributed by atoms with Gasteiger partial charge >= 0.3 is 0 Å². The smallest absolute Gasteiger partial charge is 0.189 e. The lowest BCUT2D eigenvalue weighted by Crippen LogP contribution is -2.02. The number of carbonyl (C=O) groups excluding carboxylic acids is 6. The molecule has 18 rings (SSSR count). The summed E-state index contributed by atoms with van der Waals surface area (Å²) in [5, 5.41) is 14.2. The van der Waals surface area contributed by atoms with Gasteiger partial charge in [-0.05, 0) is 334 Å². The number of nitrogens with one attached hydrogen (secondary N) is 1. The zero-order chi connectivity index (χ0) is 93.6. The van der Waals surface area contributed by atoms with Crippen molar-refractivity contribution in [2.75, 3.05) is 39.6 Å². The van der Waals surface area contributed by atoms with Crippen LogP contribution in [0.1, 0.15) is 155 Å². The Morgan fingerprint density at radius 2 is 0.739 bits per heavy atom. The van der Waals surface area contributed by atoms with Gasteiger partial charge in [0, 0.05) is 41.6 Å². The summed E-state index contributed by atoms with van der Waals surface area (Å²) in [6, 6.07) is 93.2. The number of fused-ring (bicyclic) bond motifs is 6. The van der Waals surface area contributed by atoms with Crippen LogP contribution in [-0.4, -0.2) is 79.3 Å². The third-order valence-corrected chi connectivity index (χ3v) is 24.8. The van der Waals surface area contributed by atoms with Crippen molar-refractivity contribution in [2.24, 2.45) is 0 Å². The molecule has 1 aliphatic carbocycles. The van der Waals surface area contributed by atoms with E-state index in [-0.39, 0.29) is 34.7 Å². The number of ketones is 6. The Labute approximate surface area is 798 Å². The summed E-state index contributed by atoms with van der Waals surface area (Å²) in [6.45, 7) is 15.3. The van der Waals surface area contributed by atoms with Gasteiger partial charge in [0.05, 0.1) is 61.9 Å². The highest BCUT2D eigenvalue weighted by Crippen LogP contribution is 2.34. The van der Waals surface area contributed by atoms with E-state index in [2.05, 4.69) is 112 Å². The Morgan fingerprint density at radius 1 is 0.321 bits per heavy atom. The molecule has 0 saturated heterocycles. The fourth-order valence-corrected chi connectivity index (χ4v) is 17.9. The van der Waals surface area contributed by atoms with Gasteiger partial charge in [-0.25, -0.2) is 0 Å². The van der Waals surface area contributed by atoms with Crippen LogP contribution >= 0.6 is 45.3 Å². The Morgan fingerprint density at radius 3 is 1.23 bits per heavy atom. The minimum atomic E-state index is -0.0501. The molecule has 1 aliphatic rings. The van der Waals surface area contributed by atoms with Crippen molar-refractivity contribution in [1.29, 1.82) is 0 Å². The zero-order valence-corrected chi connectivity index (χ0v) is 78.8. The number of thiophene rings is 4. The molecule has 0 fully saturated rings. The molecule has 1 N–H and O–H groups in total. The molecule has 5 heterocycles. The van der Waals surface area contributed by atoms with Gasteiger partial charge in [-0.2, -0.15) is 0 Å². The van der Waals surface area contributed by atoms with Crippen LogP contribution in [0.3, 0.4) is 0 Å². The Bertz CT molecular complexity index is 7100. The van der Waals surface area contributed by atoms with Gasteiger partial charge in [0.2, 0.25) is 0 Å². The monoisotopic (exact) mass is 1840 g/mol. The van der Waals surface area contributed by atoms with E-state index in [0.29, 0.717) is 96.0 Å². The lowest BCUT2D eigenvalue weighted by molar-refractivity contribution is 0.103. The maximum absolute atomic E-state index is 12.5. The van der Waals surface area contributed by atoms with E-state index in [1.807, 2.05) is 253 Å². The highest BCUT2D eigenvalue weighted by Gasteiger charge is 2.17. The number of H-pyrrole nitrogens is 1. The van der Waals surface area contributed by atoms with E-state index in [9.17, 15) is 28.8 Å². The van der Waals surface area contributed by atoms with E-state index >= 15 is 0 Å². The SMILES string of the molecule is CCCOc1ccccc1C(=O)/C=C/C1=Cc2ccccc2C1.CCCOc1ccccc1C(=O)/C=C/c1ccc2[nH]ccc2c1.CCOc1ccc(C(=O)/C=C/c2csc3ccccc23)cc1.CCOc1cccc(C(=O)/C=C/c2csc3ccccc23)c1.CCOc1ccccc1C(=O)/C=C/c1ccc2sccc2c1.CCOc1ccccc1C(=O)/C=C/c1csc2ccccc12. The molecule has 0 spiro atoms. The molecule has 5 aromatic heterocycles. The van der Waals surface area contributed by atoms with Crippen molar-refractivity contribution in [3.63, 3.8) is 0 Å². The first-order valence-electron chi connectivity index (χ1n) is 44.6. The quantitative estimate of drug-likeness (QED) is 0.0313. The second kappa shape index (κ2) is 50.4. The van der Waals surface area contributed by atoms with Gasteiger partial charge in [-0.15, -0.1) is 45.3 Å². The average Bonchev–Trinajstić information content (AvgIpc) is 1.70. The lowest BCUT2D eigenvalue weighted by atomic mass is 10.1. The van der Waals surface area contributed by atoms with E-state index in [1.54, 1.807) is 124 Å². The first-order chi connectivity index (χ1) is 65.7. The van der Waals surface area contributed by atoms with E-state index in [1.165, 1.54) is 51.5 Å². The number of hydrogen-bond donors (Lipinski definition) is 1. The number of benzene rings is 12. The molecule has 0 amide bonds. The second-order valence-electron chi connectivity index (χ2n) is 30.4. The Balaban J connectivity index is 0.000000136. The molecule has 672 valence electrons. The maximum Gasteiger partial charge on any atom is 0.189 e. The second-order valence-corrected chi connectivity index (χ2v) is 34.0. The number of hydrogen-bond acceptors (Lipinski definition) is 16. The minimum Gasteiger partial charge on any atom is -0.494 e. The standard InChI is InChI=1S/C21H20O2.C20H19NO2.4C19H16O2S/c1-2-13-23-21-10-6-5-9-19(21)20(22)12-11-16-14-17-7-3-4-8-18(17)15-16;1-2-13-23-20-6-4-3-5-17(20)19(22)10-8-15-7-9-18-16(14-15)11-12-21-18;1-2-21-18-9-5-3-8-16(18)17(20)12-11-14-13-22-19-10-6-4-7-15(14)19;1-2-21-16-7-5-6-14(12-16)18(20)11-10-15-13-22-19-9-4-3-8-17(15)19;1-2-21-16-10-7-14(8-11-16)18(20)12-9-15-13-22-19-6-4-3-5-17(15)19;1-2-21-18-6-4-3-5-16(18)17(20)9-7-14-8-10-19-15(13-14)11-12-22-19/h3-12,14H,2,13,15H2,1H3;3-12,14,21H,2,13H2,1H3;4*3-13H,2H2,1H3/b12-11+;10-8+;12-11+;11-10+;12-9+;9-7+. The molecule has 13 nitrogen and oxygen atoms in total. The van der Waals surface area contributed by atoms with Crippen LogP contribution in [0.4, 0.5) is 0 Å². The predicted molar refractivity (Wildman–Crippen MR) is 559 cm³/mol. The van der Waals surface area contributed by atoms with Crippen molar-refractivity contribution in [2.45, 2.75) is 60.8 Å². The van der Waals surface area contributed by atoms with Crippen molar-refractivity contribution in [1.82, 2.24) is 4.98 Å². The summed E-state index contributed by atoms with van der Waals surface area (Å²) in [7, 11) is 0. The van der Waals surface area contributed by atoms with Crippen LogP contribution in [0, 0.1) is 0 Å². The lowest BCUT2D eigenvalue weighted by Gasteiger charge is -2.08. The molecule has 0 bridgehead atoms. The highest BCUT2D eigenvalue weighted by molar-refractivity contribution is 7.18. The average molecular weight is 1840 g/mol. The summed E-state index contributed by atoms with van der Waals surface area (Å²) in [5.74, 6) is 3.90. The predicted octanol–water partition coefficient (Wildman–Crippen LogP) is 30.5. The van der Waals surface area contributed by atoms with Gasteiger partial charge in [0.1, 0.15) is 34.5 Å². The van der Waals surface area contributed by atoms with Crippen LogP contribution in [0.25, 0.3) is 87.7 Å². The van der Waals surface area contributed by atoms with Gasteiger partial charge in [-0.3, -0.25) is 28.8 Å². The molecule has 12 aromatic carbocycles. The molecule has 0 saturated carbocycles. The fraction of sp³-hybridized carbons (Fsp3) is 0.128. The first kappa shape index (κ1) is 96.6. The van der Waals surface area contributed by atoms with Crippen LogP contribution in [-0.2, 0) is 6.42 Å². The van der Waals surface area contributed by atoms with Crippen molar-refractivity contribution in [3.05, 3.63) is 439 Å². The molecule has 0 atom stereocenters. The van der Waals surface area contributed by atoms with Crippen molar-refractivity contribution in [3.8, 4) is 34.5 Å². The number of para-hydroxylation sites is 4. The van der Waals surface area contributed by atoms with E-state index in [4.69, 9.17) is 28.4 Å². The van der Waals surface area contributed by atoms with Crippen LogP contribution in [0.2, 0.25) is 0 Å². The molecule has 134 heavy (non-hydrogen) atoms. The van der Waals surface area contributed by atoms with Crippen molar-refractivity contribution >= 4 is 168 Å². The van der Waals surface area contributed by atoms with Gasteiger partial charge < -0.3 is 33.4 Å². The van der Waals surface area contributed by atoms with Crippen LogP contribution in [0.15, 0.2) is 367 Å². The zero-order valence-electron chi connectivity index (χ0n) is 75.5. The molecule has 0 radical (unpaired) electrons. The largest absolute Gasteiger partial charge is 0.494 e. The molecule has 0 unspecified atom stereocenters. The normalized spacial score (nSPS) is 11.5. The number of carbonyl (C=O) groups is 6. The first-order valence-corrected chi connectivity index (χ1v) is 48.1. The topological polar surface area (TPSA) is 174 Å². The van der Waals surface area contributed by atoms with Crippen LogP contribution < -0.4 is 28.4 Å². The Hall–Kier alpha value is -15.0. The Kier molecular flexibility index (Phi) is 36.3. The summed E-state index contributed by atoms with van der Waals surface area (Å²) in [5.41, 5.74) is 13.8. The number of rotatable bonds is 32. The number of ether oxygens (including phenoxy) is 6. The maximum atomic E-state index is 12.5. The molecule has 0 aliphatic heterocycles. The fourth-order valence-electron chi connectivity index (χ4n) is 14.3. The van der Waals surface area contributed by atoms with Crippen molar-refractivity contribution < 1.29 is 57.2 Å². The number of aromatic nitrogens is 1. The molecular formula is C117H103NO12S4.